The molecule has 1 rings (SSSR count). The fourth-order valence-electron chi connectivity index (χ4n) is 1.84. The SMILES string of the molecule is CC(CC1CC1)NCCCCN(C)C. The lowest BCUT2D eigenvalue weighted by atomic mass is 10.1. The van der Waals surface area contributed by atoms with Gasteiger partial charge in [-0.15, -0.1) is 0 Å². The summed E-state index contributed by atoms with van der Waals surface area (Å²) in [5.74, 6) is 1.05. The lowest BCUT2D eigenvalue weighted by Gasteiger charge is -2.14. The molecule has 84 valence electrons. The Hall–Kier alpha value is -0.0800. The number of unbranched alkanes of at least 4 members (excludes halogenated alkanes) is 1. The van der Waals surface area contributed by atoms with Crippen molar-refractivity contribution in [2.75, 3.05) is 27.2 Å². The van der Waals surface area contributed by atoms with Gasteiger partial charge in [0.25, 0.3) is 0 Å². The Kier molecular flexibility index (Phi) is 5.49. The van der Waals surface area contributed by atoms with Crippen molar-refractivity contribution in [3.05, 3.63) is 0 Å². The highest BCUT2D eigenvalue weighted by Gasteiger charge is 2.22. The van der Waals surface area contributed by atoms with E-state index in [-0.39, 0.29) is 0 Å². The zero-order chi connectivity index (χ0) is 10.4. The lowest BCUT2D eigenvalue weighted by molar-refractivity contribution is 0.386. The van der Waals surface area contributed by atoms with Gasteiger partial charge in [-0.25, -0.2) is 0 Å². The first kappa shape index (κ1) is 12.0. The van der Waals surface area contributed by atoms with E-state index in [2.05, 4.69) is 31.2 Å². The summed E-state index contributed by atoms with van der Waals surface area (Å²) in [5.41, 5.74) is 0. The van der Waals surface area contributed by atoms with Crippen LogP contribution in [0.15, 0.2) is 0 Å². The highest BCUT2D eigenvalue weighted by atomic mass is 15.0. The molecule has 0 aromatic carbocycles. The third-order valence-corrected chi connectivity index (χ3v) is 2.91. The third-order valence-electron chi connectivity index (χ3n) is 2.91. The normalized spacial score (nSPS) is 18.9. The van der Waals surface area contributed by atoms with Crippen LogP contribution in [-0.2, 0) is 0 Å². The molecule has 2 heteroatoms. The van der Waals surface area contributed by atoms with Gasteiger partial charge in [0, 0.05) is 6.04 Å². The quantitative estimate of drug-likeness (QED) is 0.601. The Morgan fingerprint density at radius 1 is 1.29 bits per heavy atom. The zero-order valence-corrected chi connectivity index (χ0v) is 10.1. The van der Waals surface area contributed by atoms with Gasteiger partial charge in [-0.1, -0.05) is 12.8 Å². The fourth-order valence-corrected chi connectivity index (χ4v) is 1.84. The van der Waals surface area contributed by atoms with Crippen molar-refractivity contribution in [2.24, 2.45) is 5.92 Å². The summed E-state index contributed by atoms with van der Waals surface area (Å²) in [4.78, 5) is 2.26. The van der Waals surface area contributed by atoms with Crippen molar-refractivity contribution >= 4 is 0 Å². The minimum Gasteiger partial charge on any atom is -0.314 e. The van der Waals surface area contributed by atoms with E-state index in [0.29, 0.717) is 0 Å². The molecule has 1 N–H and O–H groups in total. The first-order valence-electron chi connectivity index (χ1n) is 6.06. The molecule has 0 aliphatic heterocycles. The first-order valence-corrected chi connectivity index (χ1v) is 6.06. The Labute approximate surface area is 89.1 Å². The van der Waals surface area contributed by atoms with Crippen LogP contribution < -0.4 is 5.32 Å². The van der Waals surface area contributed by atoms with Gasteiger partial charge in [0.05, 0.1) is 0 Å². The number of hydrogen-bond donors (Lipinski definition) is 1. The predicted molar refractivity (Wildman–Crippen MR) is 62.6 cm³/mol. The van der Waals surface area contributed by atoms with E-state index in [1.54, 1.807) is 0 Å². The fraction of sp³-hybridized carbons (Fsp3) is 1.00. The van der Waals surface area contributed by atoms with Gasteiger partial charge in [-0.2, -0.15) is 0 Å². The molecule has 0 saturated heterocycles. The topological polar surface area (TPSA) is 15.3 Å². The second-order valence-electron chi connectivity index (χ2n) is 5.04. The van der Waals surface area contributed by atoms with Crippen LogP contribution in [0.4, 0.5) is 0 Å². The van der Waals surface area contributed by atoms with Crippen molar-refractivity contribution in [1.82, 2.24) is 10.2 Å². The monoisotopic (exact) mass is 198 g/mol. The van der Waals surface area contributed by atoms with Crippen molar-refractivity contribution in [3.8, 4) is 0 Å². The molecule has 1 saturated carbocycles. The zero-order valence-electron chi connectivity index (χ0n) is 10.1. The van der Waals surface area contributed by atoms with Gasteiger partial charge in [0.1, 0.15) is 0 Å². The molecule has 0 spiro atoms. The van der Waals surface area contributed by atoms with Gasteiger partial charge < -0.3 is 10.2 Å². The lowest BCUT2D eigenvalue weighted by Crippen LogP contribution is -2.28. The molecule has 1 unspecified atom stereocenters. The van der Waals surface area contributed by atoms with Gasteiger partial charge in [0.15, 0.2) is 0 Å². The molecule has 1 aliphatic rings. The van der Waals surface area contributed by atoms with Gasteiger partial charge in [-0.3, -0.25) is 0 Å². The van der Waals surface area contributed by atoms with Crippen LogP contribution in [0.2, 0.25) is 0 Å². The van der Waals surface area contributed by atoms with Crippen molar-refractivity contribution in [2.45, 2.75) is 45.1 Å². The van der Waals surface area contributed by atoms with Gasteiger partial charge >= 0.3 is 0 Å². The van der Waals surface area contributed by atoms with Crippen molar-refractivity contribution in [1.29, 1.82) is 0 Å². The summed E-state index contributed by atoms with van der Waals surface area (Å²) in [6, 6.07) is 0.738. The van der Waals surface area contributed by atoms with E-state index in [9.17, 15) is 0 Å². The van der Waals surface area contributed by atoms with E-state index >= 15 is 0 Å². The van der Waals surface area contributed by atoms with E-state index in [1.807, 2.05) is 0 Å². The smallest absolute Gasteiger partial charge is 0.00413 e. The number of nitrogens with one attached hydrogen (secondary N) is 1. The van der Waals surface area contributed by atoms with Gasteiger partial charge in [-0.05, 0) is 59.3 Å². The molecule has 0 radical (unpaired) electrons. The van der Waals surface area contributed by atoms with Gasteiger partial charge in [0.2, 0.25) is 0 Å². The van der Waals surface area contributed by atoms with E-state index in [4.69, 9.17) is 0 Å². The Morgan fingerprint density at radius 3 is 2.57 bits per heavy atom. The highest BCUT2D eigenvalue weighted by molar-refractivity contribution is 4.77. The maximum absolute atomic E-state index is 3.61. The maximum Gasteiger partial charge on any atom is 0.00413 e. The summed E-state index contributed by atoms with van der Waals surface area (Å²) in [5, 5.41) is 3.61. The molecule has 0 heterocycles. The molecule has 1 atom stereocenters. The largest absolute Gasteiger partial charge is 0.314 e. The van der Waals surface area contributed by atoms with Crippen LogP contribution in [0.3, 0.4) is 0 Å². The molecule has 0 aromatic heterocycles. The third kappa shape index (κ3) is 6.39. The molecular weight excluding hydrogens is 172 g/mol. The standard InChI is InChI=1S/C12H26N2/c1-11(10-12-6-7-12)13-8-4-5-9-14(2)3/h11-13H,4-10H2,1-3H3. The van der Waals surface area contributed by atoms with Crippen LogP contribution in [0, 0.1) is 5.92 Å². The van der Waals surface area contributed by atoms with Crippen LogP contribution >= 0.6 is 0 Å². The van der Waals surface area contributed by atoms with Crippen LogP contribution in [0.5, 0.6) is 0 Å². The number of rotatable bonds is 8. The van der Waals surface area contributed by atoms with E-state index < -0.39 is 0 Å². The molecule has 14 heavy (non-hydrogen) atoms. The number of nitrogens with zero attached hydrogens (tertiary/aromatic N) is 1. The minimum atomic E-state index is 0.738. The molecule has 1 aliphatic carbocycles. The highest BCUT2D eigenvalue weighted by Crippen LogP contribution is 2.33. The van der Waals surface area contributed by atoms with E-state index in [0.717, 1.165) is 12.0 Å². The van der Waals surface area contributed by atoms with Crippen molar-refractivity contribution in [3.63, 3.8) is 0 Å². The number of hydrogen-bond acceptors (Lipinski definition) is 2. The predicted octanol–water partition coefficient (Wildman–Crippen LogP) is 2.11. The Morgan fingerprint density at radius 2 is 2.00 bits per heavy atom. The van der Waals surface area contributed by atoms with Crippen molar-refractivity contribution < 1.29 is 0 Å². The second-order valence-corrected chi connectivity index (χ2v) is 5.04. The van der Waals surface area contributed by atoms with Crippen LogP contribution in [0.25, 0.3) is 0 Å². The summed E-state index contributed by atoms with van der Waals surface area (Å²) >= 11 is 0. The molecule has 0 amide bonds. The second kappa shape index (κ2) is 6.41. The average Bonchev–Trinajstić information content (AvgIpc) is 2.87. The summed E-state index contributed by atoms with van der Waals surface area (Å²) in [6.45, 7) is 4.74. The Balaban J connectivity index is 1.82. The summed E-state index contributed by atoms with van der Waals surface area (Å²) in [7, 11) is 4.28. The molecule has 2 nitrogen and oxygen atoms in total. The minimum absolute atomic E-state index is 0.738. The van der Waals surface area contributed by atoms with Crippen LogP contribution in [-0.4, -0.2) is 38.1 Å². The average molecular weight is 198 g/mol. The molecular formula is C12H26N2. The summed E-state index contributed by atoms with van der Waals surface area (Å²) in [6.07, 6.45) is 6.98. The Bertz CT molecular complexity index is 141. The van der Waals surface area contributed by atoms with Crippen LogP contribution in [0.1, 0.15) is 39.0 Å². The molecule has 0 aromatic rings. The van der Waals surface area contributed by atoms with E-state index in [1.165, 1.54) is 45.2 Å². The molecule has 0 bridgehead atoms. The maximum atomic E-state index is 3.61. The first-order chi connectivity index (χ1) is 6.68. The molecule has 1 fully saturated rings. The summed E-state index contributed by atoms with van der Waals surface area (Å²) < 4.78 is 0.